The maximum atomic E-state index is 12.3. The number of urea groups is 1. The molecule has 1 aromatic carbocycles. The Balaban J connectivity index is 2.11. The van der Waals surface area contributed by atoms with Crippen molar-refractivity contribution >= 4 is 17.7 Å². The zero-order valence-corrected chi connectivity index (χ0v) is 11.9. The molecule has 1 saturated heterocycles. The SMILES string of the molecule is CC(C)N1CCN(c2cccc(CCC(=O)O)c2)C1=O. The van der Waals surface area contributed by atoms with Crippen molar-refractivity contribution in [3.8, 4) is 0 Å². The largest absolute Gasteiger partial charge is 0.481 e. The molecule has 0 aliphatic carbocycles. The zero-order valence-electron chi connectivity index (χ0n) is 11.9. The highest BCUT2D eigenvalue weighted by Crippen LogP contribution is 2.23. The van der Waals surface area contributed by atoms with E-state index in [1.807, 2.05) is 43.0 Å². The maximum absolute atomic E-state index is 12.3. The lowest BCUT2D eigenvalue weighted by atomic mass is 10.1. The maximum Gasteiger partial charge on any atom is 0.324 e. The van der Waals surface area contributed by atoms with Crippen LogP contribution in [0.2, 0.25) is 0 Å². The summed E-state index contributed by atoms with van der Waals surface area (Å²) in [5.41, 5.74) is 1.79. The number of amides is 2. The van der Waals surface area contributed by atoms with Gasteiger partial charge in [-0.05, 0) is 38.0 Å². The number of carboxylic acids is 1. The van der Waals surface area contributed by atoms with Gasteiger partial charge in [0.2, 0.25) is 0 Å². The molecule has 2 amide bonds. The van der Waals surface area contributed by atoms with Gasteiger partial charge in [0, 0.05) is 31.2 Å². The summed E-state index contributed by atoms with van der Waals surface area (Å²) in [6.07, 6.45) is 0.592. The molecule has 0 spiro atoms. The van der Waals surface area contributed by atoms with E-state index in [2.05, 4.69) is 0 Å². The Bertz CT molecular complexity index is 514. The van der Waals surface area contributed by atoms with Gasteiger partial charge in [-0.2, -0.15) is 0 Å². The number of aliphatic carboxylic acids is 1. The second kappa shape index (κ2) is 5.94. The number of rotatable bonds is 5. The Hall–Kier alpha value is -2.04. The van der Waals surface area contributed by atoms with E-state index in [-0.39, 0.29) is 18.5 Å². The van der Waals surface area contributed by atoms with Crippen molar-refractivity contribution in [2.75, 3.05) is 18.0 Å². The monoisotopic (exact) mass is 276 g/mol. The minimum Gasteiger partial charge on any atom is -0.481 e. The summed E-state index contributed by atoms with van der Waals surface area (Å²) in [5.74, 6) is -0.807. The molecule has 1 fully saturated rings. The highest BCUT2D eigenvalue weighted by Gasteiger charge is 2.30. The number of hydrogen-bond donors (Lipinski definition) is 1. The average molecular weight is 276 g/mol. The molecule has 1 N–H and O–H groups in total. The molecule has 0 bridgehead atoms. The summed E-state index contributed by atoms with van der Waals surface area (Å²) < 4.78 is 0. The number of hydrogen-bond acceptors (Lipinski definition) is 2. The molecule has 1 aliphatic rings. The van der Waals surface area contributed by atoms with Crippen LogP contribution in [0.15, 0.2) is 24.3 Å². The van der Waals surface area contributed by atoms with Crippen molar-refractivity contribution in [3.05, 3.63) is 29.8 Å². The number of anilines is 1. The van der Waals surface area contributed by atoms with Gasteiger partial charge in [-0.3, -0.25) is 9.69 Å². The minimum absolute atomic E-state index is 0.0235. The van der Waals surface area contributed by atoms with Gasteiger partial charge in [0.1, 0.15) is 0 Å². The fourth-order valence-electron chi connectivity index (χ4n) is 2.40. The summed E-state index contributed by atoms with van der Waals surface area (Å²) in [4.78, 5) is 26.5. The van der Waals surface area contributed by atoms with Gasteiger partial charge in [-0.25, -0.2) is 4.79 Å². The molecular weight excluding hydrogens is 256 g/mol. The van der Waals surface area contributed by atoms with E-state index >= 15 is 0 Å². The first kappa shape index (κ1) is 14.4. The third-order valence-electron chi connectivity index (χ3n) is 3.51. The molecule has 5 nitrogen and oxygen atoms in total. The van der Waals surface area contributed by atoms with Gasteiger partial charge < -0.3 is 10.0 Å². The van der Waals surface area contributed by atoms with Gasteiger partial charge in [0.25, 0.3) is 0 Å². The van der Waals surface area contributed by atoms with Crippen LogP contribution in [0.1, 0.15) is 25.8 Å². The van der Waals surface area contributed by atoms with E-state index in [4.69, 9.17) is 5.11 Å². The van der Waals surface area contributed by atoms with E-state index in [0.717, 1.165) is 17.8 Å². The first-order valence-corrected chi connectivity index (χ1v) is 6.88. The van der Waals surface area contributed by atoms with Gasteiger partial charge in [0.15, 0.2) is 0 Å². The normalized spacial score (nSPS) is 15.2. The van der Waals surface area contributed by atoms with Crippen LogP contribution in [0.4, 0.5) is 10.5 Å². The highest BCUT2D eigenvalue weighted by atomic mass is 16.4. The fraction of sp³-hybridized carbons (Fsp3) is 0.467. The van der Waals surface area contributed by atoms with Gasteiger partial charge in [-0.1, -0.05) is 12.1 Å². The number of benzene rings is 1. The second-order valence-electron chi connectivity index (χ2n) is 5.28. The second-order valence-corrected chi connectivity index (χ2v) is 5.28. The number of carboxylic acid groups (broad SMARTS) is 1. The van der Waals surface area contributed by atoms with Gasteiger partial charge in [0.05, 0.1) is 0 Å². The number of nitrogens with zero attached hydrogens (tertiary/aromatic N) is 2. The third-order valence-corrected chi connectivity index (χ3v) is 3.51. The Labute approximate surface area is 118 Å². The molecule has 1 aromatic rings. The molecule has 0 unspecified atom stereocenters. The summed E-state index contributed by atoms with van der Waals surface area (Å²) in [6.45, 7) is 5.42. The van der Waals surface area contributed by atoms with Crippen LogP contribution in [0, 0.1) is 0 Å². The summed E-state index contributed by atoms with van der Waals surface area (Å²) >= 11 is 0. The van der Waals surface area contributed by atoms with E-state index in [1.54, 1.807) is 4.90 Å². The van der Waals surface area contributed by atoms with Crippen LogP contribution in [-0.4, -0.2) is 41.1 Å². The first-order chi connectivity index (χ1) is 9.49. The lowest BCUT2D eigenvalue weighted by Crippen LogP contribution is -2.36. The van der Waals surface area contributed by atoms with Crippen LogP contribution >= 0.6 is 0 Å². The smallest absolute Gasteiger partial charge is 0.324 e. The van der Waals surface area contributed by atoms with Crippen LogP contribution < -0.4 is 4.90 Å². The van der Waals surface area contributed by atoms with Crippen LogP contribution in [0.25, 0.3) is 0 Å². The van der Waals surface area contributed by atoms with Crippen molar-refractivity contribution in [2.24, 2.45) is 0 Å². The molecule has 20 heavy (non-hydrogen) atoms. The van der Waals surface area contributed by atoms with Crippen molar-refractivity contribution in [1.29, 1.82) is 0 Å². The molecule has 0 aromatic heterocycles. The van der Waals surface area contributed by atoms with Crippen LogP contribution in [0.3, 0.4) is 0 Å². The van der Waals surface area contributed by atoms with Gasteiger partial charge in [-0.15, -0.1) is 0 Å². The fourth-order valence-corrected chi connectivity index (χ4v) is 2.40. The van der Waals surface area contributed by atoms with E-state index in [1.165, 1.54) is 0 Å². The Morgan fingerprint density at radius 2 is 2.10 bits per heavy atom. The molecular formula is C15H20N2O3. The van der Waals surface area contributed by atoms with Crippen molar-refractivity contribution in [1.82, 2.24) is 4.90 Å². The third kappa shape index (κ3) is 3.10. The highest BCUT2D eigenvalue weighted by molar-refractivity contribution is 5.94. The molecule has 1 heterocycles. The number of carbonyl (C=O) groups excluding carboxylic acids is 1. The van der Waals surface area contributed by atoms with E-state index in [0.29, 0.717) is 13.0 Å². The zero-order chi connectivity index (χ0) is 14.7. The summed E-state index contributed by atoms with van der Waals surface area (Å²) in [6, 6.07) is 7.79. The molecule has 1 aliphatic heterocycles. The Kier molecular flexibility index (Phi) is 4.27. The van der Waals surface area contributed by atoms with Crippen LogP contribution in [0.5, 0.6) is 0 Å². The lowest BCUT2D eigenvalue weighted by Gasteiger charge is -2.22. The van der Waals surface area contributed by atoms with Crippen LogP contribution in [-0.2, 0) is 11.2 Å². The minimum atomic E-state index is -0.807. The predicted octanol–water partition coefficient (Wildman–Crippen LogP) is 2.35. The summed E-state index contributed by atoms with van der Waals surface area (Å²) in [5, 5.41) is 8.72. The standard InChI is InChI=1S/C15H20N2O3/c1-11(2)16-8-9-17(15(16)20)13-5-3-4-12(10-13)6-7-14(18)19/h3-5,10-11H,6-9H2,1-2H3,(H,18,19). The quantitative estimate of drug-likeness (QED) is 0.898. The molecule has 2 rings (SSSR count). The van der Waals surface area contributed by atoms with Crippen molar-refractivity contribution in [2.45, 2.75) is 32.7 Å². The topological polar surface area (TPSA) is 60.9 Å². The first-order valence-electron chi connectivity index (χ1n) is 6.88. The summed E-state index contributed by atoms with van der Waals surface area (Å²) in [7, 11) is 0. The molecule has 108 valence electrons. The average Bonchev–Trinajstić information content (AvgIpc) is 2.79. The van der Waals surface area contributed by atoms with Crippen molar-refractivity contribution in [3.63, 3.8) is 0 Å². The predicted molar refractivity (Wildman–Crippen MR) is 77.0 cm³/mol. The lowest BCUT2D eigenvalue weighted by molar-refractivity contribution is -0.136. The molecule has 0 radical (unpaired) electrons. The number of aryl methyl sites for hydroxylation is 1. The number of carbonyl (C=O) groups is 2. The Morgan fingerprint density at radius 3 is 2.70 bits per heavy atom. The molecule has 5 heteroatoms. The molecule has 0 saturated carbocycles. The van der Waals surface area contributed by atoms with E-state index < -0.39 is 5.97 Å². The van der Waals surface area contributed by atoms with Crippen molar-refractivity contribution < 1.29 is 14.7 Å². The van der Waals surface area contributed by atoms with E-state index in [9.17, 15) is 9.59 Å². The Morgan fingerprint density at radius 1 is 1.35 bits per heavy atom. The van der Waals surface area contributed by atoms with Gasteiger partial charge >= 0.3 is 12.0 Å². The molecule has 0 atom stereocenters.